The first-order valence-corrected chi connectivity index (χ1v) is 8.73. The third kappa shape index (κ3) is 3.24. The topological polar surface area (TPSA) is 33.2 Å². The van der Waals surface area contributed by atoms with E-state index in [-0.39, 0.29) is 11.9 Å². The maximum absolute atomic E-state index is 12.9. The second-order valence-corrected chi connectivity index (χ2v) is 6.89. The van der Waals surface area contributed by atoms with Crippen molar-refractivity contribution in [1.29, 1.82) is 0 Å². The number of nitrogens with zero attached hydrogens (tertiary/aromatic N) is 2. The predicted molar refractivity (Wildman–Crippen MR) is 99.2 cm³/mol. The van der Waals surface area contributed by atoms with E-state index in [2.05, 4.69) is 24.0 Å². The minimum atomic E-state index is -0.0683. The fourth-order valence-corrected chi connectivity index (χ4v) is 3.80. The summed E-state index contributed by atoms with van der Waals surface area (Å²) in [6, 6.07) is 17.9. The van der Waals surface area contributed by atoms with E-state index < -0.39 is 0 Å². The maximum atomic E-state index is 12.9. The Morgan fingerprint density at radius 1 is 1.12 bits per heavy atom. The van der Waals surface area contributed by atoms with Gasteiger partial charge in [0.05, 0.1) is 16.6 Å². The Kier molecular flexibility index (Phi) is 4.76. The highest BCUT2D eigenvalue weighted by Crippen LogP contribution is 2.33. The van der Waals surface area contributed by atoms with Crippen LogP contribution in [0, 0.1) is 6.92 Å². The molecule has 1 aromatic carbocycles. The Morgan fingerprint density at radius 2 is 1.83 bits per heavy atom. The molecule has 0 fully saturated rings. The first-order valence-electron chi connectivity index (χ1n) is 7.92. The van der Waals surface area contributed by atoms with Crippen LogP contribution in [0.15, 0.2) is 60.8 Å². The average Bonchev–Trinajstić information content (AvgIpc) is 3.03. The summed E-state index contributed by atoms with van der Waals surface area (Å²) >= 11 is 1.55. The van der Waals surface area contributed by atoms with Crippen molar-refractivity contribution in [2.45, 2.75) is 19.9 Å². The van der Waals surface area contributed by atoms with Gasteiger partial charge < -0.3 is 4.90 Å². The molecule has 0 N–H and O–H groups in total. The van der Waals surface area contributed by atoms with Crippen molar-refractivity contribution in [3.05, 3.63) is 76.9 Å². The van der Waals surface area contributed by atoms with Crippen LogP contribution in [0.3, 0.4) is 0 Å². The fraction of sp³-hybridized carbons (Fsp3) is 0.200. The lowest BCUT2D eigenvalue weighted by molar-refractivity contribution is 0.0744. The molecular weight excluding hydrogens is 316 g/mol. The molecule has 0 aliphatic rings. The molecule has 0 radical (unpaired) electrons. The molecule has 24 heavy (non-hydrogen) atoms. The zero-order chi connectivity index (χ0) is 17.1. The lowest BCUT2D eigenvalue weighted by Gasteiger charge is -2.23. The van der Waals surface area contributed by atoms with Gasteiger partial charge in [0.15, 0.2) is 0 Å². The Hall–Kier alpha value is -2.46. The van der Waals surface area contributed by atoms with Crippen molar-refractivity contribution in [3.63, 3.8) is 0 Å². The molecule has 1 atom stereocenters. The number of carbonyl (C=O) groups excluding carboxylic acids is 1. The smallest absolute Gasteiger partial charge is 0.264 e. The summed E-state index contributed by atoms with van der Waals surface area (Å²) < 4.78 is 0. The summed E-state index contributed by atoms with van der Waals surface area (Å²) in [7, 11) is 1.83. The van der Waals surface area contributed by atoms with E-state index in [1.807, 2.05) is 56.4 Å². The van der Waals surface area contributed by atoms with Gasteiger partial charge in [0.1, 0.15) is 0 Å². The SMILES string of the molecule is Cc1cc(C(=O)N(C)[C@@H](C)c2ccccn2)sc1-c1ccccc1. The van der Waals surface area contributed by atoms with Crippen molar-refractivity contribution in [2.75, 3.05) is 7.05 Å². The minimum Gasteiger partial charge on any atom is -0.333 e. The predicted octanol–water partition coefficient (Wildman–Crippen LogP) is 4.95. The summed E-state index contributed by atoms with van der Waals surface area (Å²) in [6.07, 6.45) is 1.76. The molecule has 0 unspecified atom stereocenters. The molecule has 3 nitrogen and oxygen atoms in total. The van der Waals surface area contributed by atoms with E-state index in [9.17, 15) is 4.79 Å². The van der Waals surface area contributed by atoms with Crippen LogP contribution in [0.4, 0.5) is 0 Å². The third-order valence-corrected chi connectivity index (χ3v) is 5.46. The summed E-state index contributed by atoms with van der Waals surface area (Å²) in [6.45, 7) is 4.05. The quantitative estimate of drug-likeness (QED) is 0.675. The number of hydrogen-bond acceptors (Lipinski definition) is 3. The van der Waals surface area contributed by atoms with Crippen LogP contribution in [0.2, 0.25) is 0 Å². The highest BCUT2D eigenvalue weighted by Gasteiger charge is 2.22. The second kappa shape index (κ2) is 6.97. The van der Waals surface area contributed by atoms with E-state index >= 15 is 0 Å². The second-order valence-electron chi connectivity index (χ2n) is 5.84. The molecule has 3 rings (SSSR count). The maximum Gasteiger partial charge on any atom is 0.264 e. The van der Waals surface area contributed by atoms with Crippen LogP contribution in [-0.2, 0) is 0 Å². The largest absolute Gasteiger partial charge is 0.333 e. The summed E-state index contributed by atoms with van der Waals surface area (Å²) in [5.41, 5.74) is 3.18. The molecule has 0 aliphatic carbocycles. The molecule has 0 saturated carbocycles. The number of carbonyl (C=O) groups is 1. The minimum absolute atomic E-state index is 0.0310. The van der Waals surface area contributed by atoms with Gasteiger partial charge in [0.25, 0.3) is 5.91 Å². The first-order chi connectivity index (χ1) is 11.6. The van der Waals surface area contributed by atoms with Crippen molar-refractivity contribution in [2.24, 2.45) is 0 Å². The van der Waals surface area contributed by atoms with E-state index in [4.69, 9.17) is 0 Å². The van der Waals surface area contributed by atoms with Crippen LogP contribution >= 0.6 is 11.3 Å². The first kappa shape index (κ1) is 16.4. The highest BCUT2D eigenvalue weighted by molar-refractivity contribution is 7.17. The van der Waals surface area contributed by atoms with Crippen molar-refractivity contribution >= 4 is 17.2 Å². The van der Waals surface area contributed by atoms with Crippen LogP contribution in [0.25, 0.3) is 10.4 Å². The monoisotopic (exact) mass is 336 g/mol. The normalized spacial score (nSPS) is 12.0. The van der Waals surface area contributed by atoms with Gasteiger partial charge >= 0.3 is 0 Å². The van der Waals surface area contributed by atoms with Crippen molar-refractivity contribution < 1.29 is 4.79 Å². The molecule has 3 aromatic rings. The molecule has 2 aromatic heterocycles. The van der Waals surface area contributed by atoms with Gasteiger partial charge in [-0.2, -0.15) is 0 Å². The van der Waals surface area contributed by atoms with Crippen molar-refractivity contribution in [1.82, 2.24) is 9.88 Å². The van der Waals surface area contributed by atoms with Gasteiger partial charge in [-0.15, -0.1) is 11.3 Å². The van der Waals surface area contributed by atoms with Crippen molar-refractivity contribution in [3.8, 4) is 10.4 Å². The molecule has 122 valence electrons. The van der Waals surface area contributed by atoms with Gasteiger partial charge in [0, 0.05) is 18.1 Å². The summed E-state index contributed by atoms with van der Waals surface area (Å²) in [5, 5.41) is 0. The van der Waals surface area contributed by atoms with E-state index in [0.717, 1.165) is 26.6 Å². The fourth-order valence-electron chi connectivity index (χ4n) is 2.63. The molecule has 1 amide bonds. The van der Waals surface area contributed by atoms with E-state index in [1.54, 1.807) is 22.4 Å². The highest BCUT2D eigenvalue weighted by atomic mass is 32.1. The Bertz CT molecular complexity index is 827. The van der Waals surface area contributed by atoms with Gasteiger partial charge in [-0.1, -0.05) is 36.4 Å². The zero-order valence-corrected chi connectivity index (χ0v) is 14.9. The summed E-state index contributed by atoms with van der Waals surface area (Å²) in [5.74, 6) is 0.0310. The van der Waals surface area contributed by atoms with E-state index in [1.165, 1.54) is 0 Å². The molecule has 4 heteroatoms. The molecule has 0 spiro atoms. The number of aryl methyl sites for hydroxylation is 1. The Balaban J connectivity index is 1.85. The van der Waals surface area contributed by atoms with Crippen LogP contribution in [0.5, 0.6) is 0 Å². The standard InChI is InChI=1S/C20H20N2OS/c1-14-13-18(24-19(14)16-9-5-4-6-10-16)20(23)22(3)15(2)17-11-7-8-12-21-17/h4-13,15H,1-3H3/t15-/m0/s1. The lowest BCUT2D eigenvalue weighted by Crippen LogP contribution is -2.29. The molecule has 2 heterocycles. The number of pyridine rings is 1. The van der Waals surface area contributed by atoms with Crippen LogP contribution in [0.1, 0.15) is 33.9 Å². The van der Waals surface area contributed by atoms with Crippen LogP contribution < -0.4 is 0 Å². The third-order valence-electron chi connectivity index (χ3n) is 4.18. The number of rotatable bonds is 4. The molecular formula is C20H20N2OS. The average molecular weight is 336 g/mol. The zero-order valence-electron chi connectivity index (χ0n) is 14.1. The number of benzene rings is 1. The summed E-state index contributed by atoms with van der Waals surface area (Å²) in [4.78, 5) is 20.9. The van der Waals surface area contributed by atoms with Gasteiger partial charge in [-0.25, -0.2) is 0 Å². The molecule has 0 aliphatic heterocycles. The molecule has 0 saturated heterocycles. The van der Waals surface area contributed by atoms with E-state index in [0.29, 0.717) is 0 Å². The van der Waals surface area contributed by atoms with Gasteiger partial charge in [-0.3, -0.25) is 9.78 Å². The number of hydrogen-bond donors (Lipinski definition) is 0. The van der Waals surface area contributed by atoms with Crippen LogP contribution in [-0.4, -0.2) is 22.8 Å². The Morgan fingerprint density at radius 3 is 2.50 bits per heavy atom. The molecule has 0 bridgehead atoms. The van der Waals surface area contributed by atoms with Gasteiger partial charge in [0.2, 0.25) is 0 Å². The lowest BCUT2D eigenvalue weighted by atomic mass is 10.1. The van der Waals surface area contributed by atoms with Gasteiger partial charge in [-0.05, 0) is 43.2 Å². The number of amides is 1. The number of thiophene rings is 1. The number of aromatic nitrogens is 1. The Labute approximate surface area is 146 Å².